The summed E-state index contributed by atoms with van der Waals surface area (Å²) in [5.74, 6) is 0. The Morgan fingerprint density at radius 2 is 2.00 bits per heavy atom. The van der Waals surface area contributed by atoms with Gasteiger partial charge in [-0.1, -0.05) is 17.7 Å². The van der Waals surface area contributed by atoms with E-state index in [1.165, 1.54) is 0 Å². The van der Waals surface area contributed by atoms with Gasteiger partial charge in [0, 0.05) is 17.8 Å². The summed E-state index contributed by atoms with van der Waals surface area (Å²) >= 11 is 0. The molecule has 1 aromatic carbocycles. The average Bonchev–Trinajstić information content (AvgIpc) is 2.38. The molecular formula is C16H26N2O4. The molecule has 1 aromatic rings. The Hall–Kier alpha value is -1.79. The molecule has 0 aliphatic heterocycles. The minimum atomic E-state index is -1.10. The van der Waals surface area contributed by atoms with E-state index in [1.54, 1.807) is 32.9 Å². The van der Waals surface area contributed by atoms with Crippen LogP contribution in [0.2, 0.25) is 0 Å². The van der Waals surface area contributed by atoms with Gasteiger partial charge in [-0.2, -0.15) is 0 Å². The highest BCUT2D eigenvalue weighted by Gasteiger charge is 2.21. The van der Waals surface area contributed by atoms with Crippen molar-refractivity contribution in [3.05, 3.63) is 29.3 Å². The zero-order chi connectivity index (χ0) is 16.9. The molecule has 22 heavy (non-hydrogen) atoms. The maximum absolute atomic E-state index is 11.5. The Balaban J connectivity index is 2.50. The van der Waals surface area contributed by atoms with E-state index in [-0.39, 0.29) is 13.0 Å². The van der Waals surface area contributed by atoms with Crippen LogP contribution in [0.1, 0.15) is 44.4 Å². The van der Waals surface area contributed by atoms with Crippen molar-refractivity contribution in [1.29, 1.82) is 0 Å². The molecule has 0 fully saturated rings. The quantitative estimate of drug-likeness (QED) is 0.622. The number of nitrogens with two attached hydrogens (primary N) is 1. The second-order valence-corrected chi connectivity index (χ2v) is 6.36. The summed E-state index contributed by atoms with van der Waals surface area (Å²) < 4.78 is 5.09. The van der Waals surface area contributed by atoms with Crippen LogP contribution in [0.25, 0.3) is 0 Å². The van der Waals surface area contributed by atoms with Crippen LogP contribution in [0.15, 0.2) is 18.2 Å². The number of anilines is 1. The fraction of sp³-hybridized carbons (Fsp3) is 0.562. The second-order valence-electron chi connectivity index (χ2n) is 6.36. The summed E-state index contributed by atoms with van der Waals surface area (Å²) in [6, 6.07) is 5.27. The van der Waals surface area contributed by atoms with Gasteiger partial charge in [-0.3, -0.25) is 0 Å². The molecule has 1 rings (SSSR count). The molecule has 0 saturated heterocycles. The van der Waals surface area contributed by atoms with Crippen LogP contribution in [-0.2, 0) is 4.74 Å². The number of ether oxygens (including phenoxy) is 1. The van der Waals surface area contributed by atoms with Crippen molar-refractivity contribution in [3.8, 4) is 0 Å². The number of nitrogen functional groups attached to an aromatic ring is 1. The van der Waals surface area contributed by atoms with E-state index in [9.17, 15) is 15.0 Å². The van der Waals surface area contributed by atoms with Crippen molar-refractivity contribution >= 4 is 11.8 Å². The molecule has 5 N–H and O–H groups in total. The highest BCUT2D eigenvalue weighted by atomic mass is 16.6. The van der Waals surface area contributed by atoms with Crippen LogP contribution in [-0.4, -0.2) is 34.6 Å². The van der Waals surface area contributed by atoms with Gasteiger partial charge in [-0.15, -0.1) is 0 Å². The third-order valence-electron chi connectivity index (χ3n) is 3.03. The lowest BCUT2D eigenvalue weighted by Crippen LogP contribution is -2.34. The lowest BCUT2D eigenvalue weighted by atomic mass is 9.99. The standard InChI is InChI=1S/C16H26N2O4/c1-10-5-6-12(17)11(9-10)14(20)13(19)7-8-18-15(21)22-16(2,3)4/h5-6,9,13-14,19-20H,7-8,17H2,1-4H3,(H,18,21). The SMILES string of the molecule is Cc1ccc(N)c(C(O)C(O)CCNC(=O)OC(C)(C)C)c1. The lowest BCUT2D eigenvalue weighted by Gasteiger charge is -2.22. The van der Waals surface area contributed by atoms with Crippen LogP contribution < -0.4 is 11.1 Å². The fourth-order valence-electron chi connectivity index (χ4n) is 1.95. The fourth-order valence-corrected chi connectivity index (χ4v) is 1.95. The largest absolute Gasteiger partial charge is 0.444 e. The number of benzene rings is 1. The van der Waals surface area contributed by atoms with Crippen LogP contribution in [0.5, 0.6) is 0 Å². The number of nitrogens with one attached hydrogen (secondary N) is 1. The van der Waals surface area contributed by atoms with Gasteiger partial charge in [0.2, 0.25) is 0 Å². The molecule has 6 nitrogen and oxygen atoms in total. The molecule has 1 amide bonds. The predicted molar refractivity (Wildman–Crippen MR) is 85.4 cm³/mol. The van der Waals surface area contributed by atoms with Gasteiger partial charge in [0.05, 0.1) is 6.10 Å². The molecule has 0 saturated carbocycles. The minimum absolute atomic E-state index is 0.188. The van der Waals surface area contributed by atoms with Crippen molar-refractivity contribution in [3.63, 3.8) is 0 Å². The summed E-state index contributed by atoms with van der Waals surface area (Å²) in [4.78, 5) is 11.5. The first-order valence-electron chi connectivity index (χ1n) is 7.29. The first-order chi connectivity index (χ1) is 10.1. The van der Waals surface area contributed by atoms with E-state index < -0.39 is 23.9 Å². The predicted octanol–water partition coefficient (Wildman–Crippen LogP) is 1.89. The summed E-state index contributed by atoms with van der Waals surface area (Å²) in [5.41, 5.74) is 7.11. The molecule has 124 valence electrons. The number of rotatable bonds is 5. The van der Waals surface area contributed by atoms with E-state index in [2.05, 4.69) is 5.32 Å². The molecule has 0 heterocycles. The minimum Gasteiger partial charge on any atom is -0.444 e. The molecule has 6 heteroatoms. The monoisotopic (exact) mass is 310 g/mol. The first kappa shape index (κ1) is 18.3. The Bertz CT molecular complexity index is 511. The molecular weight excluding hydrogens is 284 g/mol. The molecule has 0 radical (unpaired) electrons. The molecule has 0 spiro atoms. The number of carbonyl (C=O) groups is 1. The van der Waals surface area contributed by atoms with Gasteiger partial charge < -0.3 is 26.0 Å². The Morgan fingerprint density at radius 1 is 1.36 bits per heavy atom. The highest BCUT2D eigenvalue weighted by molar-refractivity contribution is 5.67. The van der Waals surface area contributed by atoms with Crippen molar-refractivity contribution in [1.82, 2.24) is 5.32 Å². The molecule has 2 atom stereocenters. The average molecular weight is 310 g/mol. The van der Waals surface area contributed by atoms with Crippen molar-refractivity contribution < 1.29 is 19.7 Å². The van der Waals surface area contributed by atoms with E-state index in [0.29, 0.717) is 11.3 Å². The maximum Gasteiger partial charge on any atom is 0.407 e. The van der Waals surface area contributed by atoms with Crippen molar-refractivity contribution in [2.24, 2.45) is 0 Å². The summed E-state index contributed by atoms with van der Waals surface area (Å²) in [6.07, 6.45) is -2.49. The van der Waals surface area contributed by atoms with Gasteiger partial charge >= 0.3 is 6.09 Å². The van der Waals surface area contributed by atoms with Gasteiger partial charge in [0.1, 0.15) is 11.7 Å². The normalized spacial score (nSPS) is 14.3. The van der Waals surface area contributed by atoms with E-state index in [4.69, 9.17) is 10.5 Å². The first-order valence-corrected chi connectivity index (χ1v) is 7.29. The van der Waals surface area contributed by atoms with Crippen molar-refractivity contribution in [2.75, 3.05) is 12.3 Å². The highest BCUT2D eigenvalue weighted by Crippen LogP contribution is 2.25. The topological polar surface area (TPSA) is 105 Å². The van der Waals surface area contributed by atoms with Gasteiger partial charge in [-0.05, 0) is 40.2 Å². The molecule has 0 aromatic heterocycles. The molecule has 0 bridgehead atoms. The molecule has 0 aliphatic carbocycles. The summed E-state index contributed by atoms with van der Waals surface area (Å²) in [7, 11) is 0. The maximum atomic E-state index is 11.5. The number of hydrogen-bond donors (Lipinski definition) is 4. The van der Waals surface area contributed by atoms with E-state index in [0.717, 1.165) is 5.56 Å². The van der Waals surface area contributed by atoms with Crippen LogP contribution in [0, 0.1) is 6.92 Å². The second kappa shape index (κ2) is 7.47. The van der Waals surface area contributed by atoms with Crippen LogP contribution in [0.4, 0.5) is 10.5 Å². The van der Waals surface area contributed by atoms with Gasteiger partial charge in [0.15, 0.2) is 0 Å². The Morgan fingerprint density at radius 3 is 2.59 bits per heavy atom. The summed E-state index contributed by atoms with van der Waals surface area (Å²) in [6.45, 7) is 7.38. The van der Waals surface area contributed by atoms with Crippen LogP contribution in [0.3, 0.4) is 0 Å². The van der Waals surface area contributed by atoms with Crippen molar-refractivity contribution in [2.45, 2.75) is 51.9 Å². The molecule has 2 unspecified atom stereocenters. The van der Waals surface area contributed by atoms with Crippen LogP contribution >= 0.6 is 0 Å². The van der Waals surface area contributed by atoms with E-state index >= 15 is 0 Å². The third-order valence-corrected chi connectivity index (χ3v) is 3.03. The number of aliphatic hydroxyl groups is 2. The Kier molecular flexibility index (Phi) is 6.20. The third kappa shape index (κ3) is 5.91. The number of aryl methyl sites for hydroxylation is 1. The zero-order valence-corrected chi connectivity index (χ0v) is 13.6. The smallest absolute Gasteiger partial charge is 0.407 e. The number of alkyl carbamates (subject to hydrolysis) is 1. The zero-order valence-electron chi connectivity index (χ0n) is 13.6. The van der Waals surface area contributed by atoms with Gasteiger partial charge in [0.25, 0.3) is 0 Å². The van der Waals surface area contributed by atoms with E-state index in [1.807, 2.05) is 13.0 Å². The number of amides is 1. The molecule has 0 aliphatic rings. The number of aliphatic hydroxyl groups excluding tert-OH is 2. The summed E-state index contributed by atoms with van der Waals surface area (Å²) in [5, 5.41) is 22.7. The number of carbonyl (C=O) groups excluding carboxylic acids is 1. The number of hydrogen-bond acceptors (Lipinski definition) is 5. The lowest BCUT2D eigenvalue weighted by molar-refractivity contribution is 0.0127. The Labute approximate surface area is 131 Å². The van der Waals surface area contributed by atoms with Gasteiger partial charge in [-0.25, -0.2) is 4.79 Å².